The maximum Gasteiger partial charge on any atom is 0.315 e. The summed E-state index contributed by atoms with van der Waals surface area (Å²) in [5, 5.41) is 15.8. The van der Waals surface area contributed by atoms with E-state index in [2.05, 4.69) is 24.5 Å². The number of carbonyl (C=O) groups is 1. The molecule has 1 aliphatic rings. The number of carbonyl (C=O) groups excluding carboxylic acids is 1. The molecule has 0 fully saturated rings. The smallest absolute Gasteiger partial charge is 0.315 e. The van der Waals surface area contributed by atoms with Crippen LogP contribution in [-0.2, 0) is 6.42 Å². The van der Waals surface area contributed by atoms with E-state index in [4.69, 9.17) is 0 Å². The third-order valence-corrected chi connectivity index (χ3v) is 3.85. The maximum atomic E-state index is 11.9. The van der Waals surface area contributed by atoms with Gasteiger partial charge in [0.15, 0.2) is 0 Å². The summed E-state index contributed by atoms with van der Waals surface area (Å²) in [7, 11) is 0. The Morgan fingerprint density at radius 2 is 2.00 bits per heavy atom. The largest absolute Gasteiger partial charge is 0.390 e. The van der Waals surface area contributed by atoms with Crippen LogP contribution in [0.25, 0.3) is 0 Å². The molecule has 1 aromatic carbocycles. The van der Waals surface area contributed by atoms with Crippen molar-refractivity contribution in [3.05, 3.63) is 35.4 Å². The number of amides is 2. The standard InChI is InChI=1S/C15H22N2O2/c1-9(2)10(3)16-15(19)17-14-12-7-5-4-6-11(12)8-13(14)18/h4-7,9-10,13-14,18H,8H2,1-3H3,(H2,16,17,19). The fourth-order valence-electron chi connectivity index (χ4n) is 2.30. The Bertz CT molecular complexity index is 459. The highest BCUT2D eigenvalue weighted by molar-refractivity contribution is 5.75. The molecule has 4 nitrogen and oxygen atoms in total. The van der Waals surface area contributed by atoms with Crippen LogP contribution in [-0.4, -0.2) is 23.3 Å². The molecule has 3 unspecified atom stereocenters. The number of nitrogens with one attached hydrogen (secondary N) is 2. The van der Waals surface area contributed by atoms with Crippen molar-refractivity contribution in [2.45, 2.75) is 45.4 Å². The Hall–Kier alpha value is -1.55. The molecular formula is C15H22N2O2. The van der Waals surface area contributed by atoms with Crippen LogP contribution in [0.15, 0.2) is 24.3 Å². The van der Waals surface area contributed by atoms with E-state index in [9.17, 15) is 9.90 Å². The maximum absolute atomic E-state index is 11.9. The summed E-state index contributed by atoms with van der Waals surface area (Å²) in [5.41, 5.74) is 2.12. The molecule has 104 valence electrons. The van der Waals surface area contributed by atoms with Crippen LogP contribution in [0.1, 0.15) is 37.9 Å². The Balaban J connectivity index is 2.01. The molecule has 0 aromatic heterocycles. The molecule has 0 aliphatic heterocycles. The highest BCUT2D eigenvalue weighted by Crippen LogP contribution is 2.31. The van der Waals surface area contributed by atoms with E-state index in [1.165, 1.54) is 0 Å². The molecule has 0 saturated heterocycles. The Morgan fingerprint density at radius 1 is 1.32 bits per heavy atom. The zero-order valence-electron chi connectivity index (χ0n) is 11.7. The second kappa shape index (κ2) is 5.61. The SMILES string of the molecule is CC(C)C(C)NC(=O)NC1c2ccccc2CC1O. The summed E-state index contributed by atoms with van der Waals surface area (Å²) >= 11 is 0. The zero-order chi connectivity index (χ0) is 14.0. The summed E-state index contributed by atoms with van der Waals surface area (Å²) in [6.45, 7) is 6.10. The van der Waals surface area contributed by atoms with E-state index in [1.807, 2.05) is 31.2 Å². The monoisotopic (exact) mass is 262 g/mol. The van der Waals surface area contributed by atoms with Gasteiger partial charge in [-0.2, -0.15) is 0 Å². The number of aliphatic hydroxyl groups is 1. The van der Waals surface area contributed by atoms with Crippen molar-refractivity contribution in [3.8, 4) is 0 Å². The summed E-state index contributed by atoms with van der Waals surface area (Å²) in [4.78, 5) is 11.9. The van der Waals surface area contributed by atoms with E-state index in [1.54, 1.807) is 0 Å². The predicted molar refractivity (Wildman–Crippen MR) is 74.9 cm³/mol. The normalized spacial score (nSPS) is 23.0. The summed E-state index contributed by atoms with van der Waals surface area (Å²) in [6.07, 6.45) is 0.0541. The predicted octanol–water partition coefficient (Wildman–Crippen LogP) is 1.99. The number of aliphatic hydroxyl groups excluding tert-OH is 1. The summed E-state index contributed by atoms with van der Waals surface area (Å²) < 4.78 is 0. The first-order chi connectivity index (χ1) is 8.99. The number of hydrogen-bond acceptors (Lipinski definition) is 2. The first-order valence-corrected chi connectivity index (χ1v) is 6.82. The first kappa shape index (κ1) is 13.9. The van der Waals surface area contributed by atoms with Gasteiger partial charge in [-0.05, 0) is 24.0 Å². The quantitative estimate of drug-likeness (QED) is 0.780. The fourth-order valence-corrected chi connectivity index (χ4v) is 2.30. The van der Waals surface area contributed by atoms with Crippen LogP contribution in [0.3, 0.4) is 0 Å². The fraction of sp³-hybridized carbons (Fsp3) is 0.533. The molecule has 1 aromatic rings. The van der Waals surface area contributed by atoms with Crippen molar-refractivity contribution in [2.75, 3.05) is 0 Å². The van der Waals surface area contributed by atoms with Gasteiger partial charge in [0.05, 0.1) is 12.1 Å². The lowest BCUT2D eigenvalue weighted by Crippen LogP contribution is -2.45. The molecule has 0 spiro atoms. The average Bonchev–Trinajstić information content (AvgIpc) is 2.66. The number of benzene rings is 1. The zero-order valence-corrected chi connectivity index (χ0v) is 11.7. The van der Waals surface area contributed by atoms with Crippen molar-refractivity contribution < 1.29 is 9.90 Å². The minimum atomic E-state index is -0.544. The minimum Gasteiger partial charge on any atom is -0.390 e. The summed E-state index contributed by atoms with van der Waals surface area (Å²) in [6, 6.07) is 7.41. The van der Waals surface area contributed by atoms with Crippen LogP contribution in [0.2, 0.25) is 0 Å². The third kappa shape index (κ3) is 3.07. The lowest BCUT2D eigenvalue weighted by molar-refractivity contribution is 0.141. The second-order valence-corrected chi connectivity index (χ2v) is 5.60. The van der Waals surface area contributed by atoms with Gasteiger partial charge in [-0.15, -0.1) is 0 Å². The topological polar surface area (TPSA) is 61.4 Å². The van der Waals surface area contributed by atoms with Crippen LogP contribution in [0, 0.1) is 5.92 Å². The van der Waals surface area contributed by atoms with Crippen LogP contribution in [0.4, 0.5) is 4.79 Å². The summed E-state index contributed by atoms with van der Waals surface area (Å²) in [5.74, 6) is 0.381. The van der Waals surface area contributed by atoms with Crippen molar-refractivity contribution in [2.24, 2.45) is 5.92 Å². The van der Waals surface area contributed by atoms with Gasteiger partial charge in [-0.3, -0.25) is 0 Å². The second-order valence-electron chi connectivity index (χ2n) is 5.60. The van der Waals surface area contributed by atoms with Gasteiger partial charge in [0.1, 0.15) is 0 Å². The minimum absolute atomic E-state index is 0.105. The van der Waals surface area contributed by atoms with E-state index in [0.717, 1.165) is 11.1 Å². The molecule has 0 saturated carbocycles. The molecule has 0 heterocycles. The van der Waals surface area contributed by atoms with Crippen LogP contribution in [0.5, 0.6) is 0 Å². The number of rotatable bonds is 3. The molecule has 0 bridgehead atoms. The molecule has 0 radical (unpaired) electrons. The van der Waals surface area contributed by atoms with Gasteiger partial charge in [-0.1, -0.05) is 38.1 Å². The molecule has 3 atom stereocenters. The van der Waals surface area contributed by atoms with E-state index in [0.29, 0.717) is 12.3 Å². The lowest BCUT2D eigenvalue weighted by Gasteiger charge is -2.22. The molecule has 1 aliphatic carbocycles. The van der Waals surface area contributed by atoms with E-state index in [-0.39, 0.29) is 18.1 Å². The van der Waals surface area contributed by atoms with E-state index < -0.39 is 6.10 Å². The molecular weight excluding hydrogens is 240 g/mol. The average molecular weight is 262 g/mol. The van der Waals surface area contributed by atoms with Gasteiger partial charge in [-0.25, -0.2) is 4.79 Å². The Labute approximate surface area is 114 Å². The number of fused-ring (bicyclic) bond motifs is 1. The Kier molecular flexibility index (Phi) is 4.10. The number of urea groups is 1. The molecule has 2 rings (SSSR count). The van der Waals surface area contributed by atoms with Gasteiger partial charge in [0.2, 0.25) is 0 Å². The Morgan fingerprint density at radius 3 is 2.68 bits per heavy atom. The van der Waals surface area contributed by atoms with Gasteiger partial charge < -0.3 is 15.7 Å². The van der Waals surface area contributed by atoms with E-state index >= 15 is 0 Å². The highest BCUT2D eigenvalue weighted by Gasteiger charge is 2.32. The number of hydrogen-bond donors (Lipinski definition) is 3. The van der Waals surface area contributed by atoms with Crippen LogP contribution >= 0.6 is 0 Å². The van der Waals surface area contributed by atoms with Gasteiger partial charge in [0, 0.05) is 12.5 Å². The molecule has 2 amide bonds. The molecule has 4 heteroatoms. The van der Waals surface area contributed by atoms with Crippen molar-refractivity contribution in [1.29, 1.82) is 0 Å². The lowest BCUT2D eigenvalue weighted by atomic mass is 10.1. The van der Waals surface area contributed by atoms with Gasteiger partial charge in [0.25, 0.3) is 0 Å². The van der Waals surface area contributed by atoms with Crippen molar-refractivity contribution in [1.82, 2.24) is 10.6 Å². The third-order valence-electron chi connectivity index (χ3n) is 3.85. The van der Waals surface area contributed by atoms with Gasteiger partial charge >= 0.3 is 6.03 Å². The van der Waals surface area contributed by atoms with Crippen LogP contribution < -0.4 is 10.6 Å². The highest BCUT2D eigenvalue weighted by atomic mass is 16.3. The first-order valence-electron chi connectivity index (χ1n) is 6.82. The van der Waals surface area contributed by atoms with Crippen molar-refractivity contribution in [3.63, 3.8) is 0 Å². The van der Waals surface area contributed by atoms with Crippen molar-refractivity contribution >= 4 is 6.03 Å². The molecule has 19 heavy (non-hydrogen) atoms. The molecule has 3 N–H and O–H groups in total.